The molecule has 0 spiro atoms. The van der Waals surface area contributed by atoms with E-state index >= 15 is 0 Å². The zero-order valence-corrected chi connectivity index (χ0v) is 15.8. The molecule has 23 heavy (non-hydrogen) atoms. The molecule has 130 valence electrons. The maximum Gasteiger partial charge on any atom is 0.194 e. The van der Waals surface area contributed by atoms with Gasteiger partial charge in [0.1, 0.15) is 0 Å². The quantitative estimate of drug-likeness (QED) is 0.639. The maximum absolute atomic E-state index is 4.81. The van der Waals surface area contributed by atoms with Gasteiger partial charge >= 0.3 is 0 Å². The van der Waals surface area contributed by atoms with Gasteiger partial charge in [-0.15, -0.1) is 11.3 Å². The summed E-state index contributed by atoms with van der Waals surface area (Å²) in [7, 11) is 0. The number of thiazole rings is 1. The molecule has 0 radical (unpaired) electrons. The molecule has 0 saturated carbocycles. The van der Waals surface area contributed by atoms with Crippen molar-refractivity contribution in [1.82, 2.24) is 20.1 Å². The Morgan fingerprint density at radius 1 is 1.35 bits per heavy atom. The van der Waals surface area contributed by atoms with Crippen LogP contribution in [0, 0.1) is 12.8 Å². The van der Waals surface area contributed by atoms with E-state index in [9.17, 15) is 0 Å². The van der Waals surface area contributed by atoms with Crippen LogP contribution in [-0.4, -0.2) is 66.6 Å². The lowest BCUT2D eigenvalue weighted by atomic mass is 10.2. The van der Waals surface area contributed by atoms with Crippen LogP contribution in [0.1, 0.15) is 30.7 Å². The van der Waals surface area contributed by atoms with Gasteiger partial charge in [-0.05, 0) is 19.8 Å². The van der Waals surface area contributed by atoms with E-state index in [1.165, 1.54) is 16.4 Å². The highest BCUT2D eigenvalue weighted by Gasteiger charge is 2.19. The number of nitrogens with zero attached hydrogens (tertiary/aromatic N) is 4. The molecule has 2 rings (SSSR count). The number of aryl methyl sites for hydroxylation is 1. The van der Waals surface area contributed by atoms with Crippen LogP contribution in [0.2, 0.25) is 0 Å². The number of rotatable bonds is 6. The van der Waals surface area contributed by atoms with Crippen LogP contribution < -0.4 is 5.32 Å². The molecule has 1 aromatic rings. The molecule has 1 N–H and O–H groups in total. The Labute approximate surface area is 144 Å². The lowest BCUT2D eigenvalue weighted by Gasteiger charge is -2.37. The van der Waals surface area contributed by atoms with Gasteiger partial charge in [-0.2, -0.15) is 0 Å². The first-order chi connectivity index (χ1) is 11.1. The van der Waals surface area contributed by atoms with Crippen molar-refractivity contribution >= 4 is 17.3 Å². The van der Waals surface area contributed by atoms with E-state index in [4.69, 9.17) is 4.99 Å². The number of hydrogen-bond donors (Lipinski definition) is 1. The molecule has 1 aromatic heterocycles. The molecule has 1 saturated heterocycles. The molecule has 0 bridgehead atoms. The number of guanidine groups is 1. The summed E-state index contributed by atoms with van der Waals surface area (Å²) in [6.45, 7) is 16.1. The van der Waals surface area contributed by atoms with Crippen LogP contribution in [0.25, 0.3) is 0 Å². The average molecular weight is 338 g/mol. The fourth-order valence-electron chi connectivity index (χ4n) is 2.86. The molecular weight excluding hydrogens is 306 g/mol. The van der Waals surface area contributed by atoms with Gasteiger partial charge < -0.3 is 10.2 Å². The normalized spacial score (nSPS) is 17.1. The summed E-state index contributed by atoms with van der Waals surface area (Å²) in [4.78, 5) is 15.5. The predicted octanol–water partition coefficient (Wildman–Crippen LogP) is 2.23. The number of hydrogen-bond acceptors (Lipinski definition) is 4. The minimum absolute atomic E-state index is 0.741. The molecule has 6 heteroatoms. The first-order valence-corrected chi connectivity index (χ1v) is 9.57. The molecule has 0 atom stereocenters. The van der Waals surface area contributed by atoms with Crippen LogP contribution in [0.5, 0.6) is 0 Å². The standard InChI is InChI=1S/C17H31N5S/c1-5-18-17(19-7-6-16-20-12-15(4)23-16)22-10-8-21(9-11-22)13-14(2)3/h12,14H,5-11,13H2,1-4H3,(H,18,19). The van der Waals surface area contributed by atoms with Crippen molar-refractivity contribution in [1.29, 1.82) is 0 Å². The highest BCUT2D eigenvalue weighted by molar-refractivity contribution is 7.11. The molecule has 0 amide bonds. The third-order valence-corrected chi connectivity index (χ3v) is 4.86. The molecule has 1 aliphatic heterocycles. The largest absolute Gasteiger partial charge is 0.357 e. The van der Waals surface area contributed by atoms with Crippen LogP contribution >= 0.6 is 11.3 Å². The molecule has 5 nitrogen and oxygen atoms in total. The van der Waals surface area contributed by atoms with Gasteiger partial charge in [0.25, 0.3) is 0 Å². The summed E-state index contributed by atoms with van der Waals surface area (Å²) in [6, 6.07) is 0. The lowest BCUT2D eigenvalue weighted by Crippen LogP contribution is -2.53. The van der Waals surface area contributed by atoms with Crippen molar-refractivity contribution < 1.29 is 0 Å². The van der Waals surface area contributed by atoms with E-state index in [2.05, 4.69) is 47.8 Å². The molecule has 0 aliphatic carbocycles. The van der Waals surface area contributed by atoms with Crippen molar-refractivity contribution in [3.05, 3.63) is 16.1 Å². The van der Waals surface area contributed by atoms with Gasteiger partial charge in [0.2, 0.25) is 0 Å². The smallest absolute Gasteiger partial charge is 0.194 e. The van der Waals surface area contributed by atoms with Crippen molar-refractivity contribution in [2.75, 3.05) is 45.8 Å². The van der Waals surface area contributed by atoms with Crippen LogP contribution in [0.3, 0.4) is 0 Å². The SMILES string of the molecule is CCNC(=NCCc1ncc(C)s1)N1CCN(CC(C)C)CC1. The topological polar surface area (TPSA) is 43.8 Å². The average Bonchev–Trinajstić information content (AvgIpc) is 2.92. The highest BCUT2D eigenvalue weighted by Crippen LogP contribution is 2.12. The number of aromatic nitrogens is 1. The predicted molar refractivity (Wildman–Crippen MR) is 99.4 cm³/mol. The number of nitrogens with one attached hydrogen (secondary N) is 1. The van der Waals surface area contributed by atoms with Crippen LogP contribution in [0.15, 0.2) is 11.2 Å². The van der Waals surface area contributed by atoms with E-state index in [1.807, 2.05) is 6.20 Å². The summed E-state index contributed by atoms with van der Waals surface area (Å²) in [5.41, 5.74) is 0. The second kappa shape index (κ2) is 9.23. The number of aliphatic imine (C=N–C) groups is 1. The van der Waals surface area contributed by atoms with Gasteiger partial charge in [-0.3, -0.25) is 9.89 Å². The maximum atomic E-state index is 4.81. The molecule has 1 aliphatic rings. The van der Waals surface area contributed by atoms with E-state index in [-0.39, 0.29) is 0 Å². The molecule has 1 fully saturated rings. The lowest BCUT2D eigenvalue weighted by molar-refractivity contribution is 0.164. The molecule has 0 aromatic carbocycles. The van der Waals surface area contributed by atoms with Gasteiger partial charge in [0.05, 0.1) is 5.01 Å². The summed E-state index contributed by atoms with van der Waals surface area (Å²) in [5.74, 6) is 1.80. The highest BCUT2D eigenvalue weighted by atomic mass is 32.1. The van der Waals surface area contributed by atoms with Crippen molar-refractivity contribution in [3.8, 4) is 0 Å². The Balaban J connectivity index is 1.84. The summed E-state index contributed by atoms with van der Waals surface area (Å²) in [5, 5.41) is 4.62. The Morgan fingerprint density at radius 2 is 2.09 bits per heavy atom. The third kappa shape index (κ3) is 6.11. The monoisotopic (exact) mass is 337 g/mol. The van der Waals surface area contributed by atoms with E-state index in [1.54, 1.807) is 11.3 Å². The fourth-order valence-corrected chi connectivity index (χ4v) is 3.63. The van der Waals surface area contributed by atoms with Crippen molar-refractivity contribution in [2.45, 2.75) is 34.1 Å². The second-order valence-electron chi connectivity index (χ2n) is 6.53. The zero-order chi connectivity index (χ0) is 16.7. The van der Waals surface area contributed by atoms with E-state index < -0.39 is 0 Å². The molecule has 2 heterocycles. The fraction of sp³-hybridized carbons (Fsp3) is 0.765. The van der Waals surface area contributed by atoms with E-state index in [0.717, 1.165) is 57.6 Å². The molecular formula is C17H31N5S. The van der Waals surface area contributed by atoms with Gasteiger partial charge in [-0.1, -0.05) is 13.8 Å². The van der Waals surface area contributed by atoms with Crippen LogP contribution in [-0.2, 0) is 6.42 Å². The second-order valence-corrected chi connectivity index (χ2v) is 7.85. The minimum atomic E-state index is 0.741. The Morgan fingerprint density at radius 3 is 2.65 bits per heavy atom. The Hall–Kier alpha value is -1.14. The van der Waals surface area contributed by atoms with E-state index in [0.29, 0.717) is 0 Å². The summed E-state index contributed by atoms with van der Waals surface area (Å²) < 4.78 is 0. The number of piperazine rings is 1. The Kier molecular flexibility index (Phi) is 7.30. The van der Waals surface area contributed by atoms with Gasteiger partial charge in [0.15, 0.2) is 5.96 Å². The Bertz CT molecular complexity index is 489. The van der Waals surface area contributed by atoms with Crippen LogP contribution in [0.4, 0.5) is 0 Å². The van der Waals surface area contributed by atoms with Crippen molar-refractivity contribution in [3.63, 3.8) is 0 Å². The zero-order valence-electron chi connectivity index (χ0n) is 15.0. The third-order valence-electron chi connectivity index (χ3n) is 3.89. The van der Waals surface area contributed by atoms with Gasteiger partial charge in [-0.25, -0.2) is 4.98 Å². The summed E-state index contributed by atoms with van der Waals surface area (Å²) in [6.07, 6.45) is 2.88. The van der Waals surface area contributed by atoms with Crippen molar-refractivity contribution in [2.24, 2.45) is 10.9 Å². The summed E-state index contributed by atoms with van der Waals surface area (Å²) >= 11 is 1.77. The first-order valence-electron chi connectivity index (χ1n) is 8.75. The minimum Gasteiger partial charge on any atom is -0.357 e. The first kappa shape index (κ1) is 18.2. The molecule has 0 unspecified atom stereocenters. The van der Waals surface area contributed by atoms with Gasteiger partial charge in [0, 0.05) is 63.3 Å².